The highest BCUT2D eigenvalue weighted by molar-refractivity contribution is 9.10. The quantitative estimate of drug-likeness (QED) is 0.594. The first-order valence-corrected chi connectivity index (χ1v) is 6.79. The number of Topliss-reactive ketones (excluding diaryl/α,β-unsaturated/α-hetero) is 1. The van der Waals surface area contributed by atoms with Crippen molar-refractivity contribution in [1.82, 2.24) is 0 Å². The van der Waals surface area contributed by atoms with Crippen LogP contribution in [0.3, 0.4) is 0 Å². The molecule has 0 fully saturated rings. The number of hydrogen-bond acceptors (Lipinski definition) is 3. The van der Waals surface area contributed by atoms with E-state index in [0.29, 0.717) is 12.2 Å². The fraction of sp³-hybridized carbons (Fsp3) is 0.429. The van der Waals surface area contributed by atoms with E-state index in [4.69, 9.17) is 4.74 Å². The highest BCUT2D eigenvalue weighted by Crippen LogP contribution is 2.20. The first-order chi connectivity index (χ1) is 8.54. The lowest BCUT2D eigenvalue weighted by molar-refractivity contribution is -0.143. The third-order valence-electron chi connectivity index (χ3n) is 2.45. The van der Waals surface area contributed by atoms with E-state index in [-0.39, 0.29) is 24.6 Å². The van der Waals surface area contributed by atoms with Crippen molar-refractivity contribution in [1.29, 1.82) is 0 Å². The molecule has 0 unspecified atom stereocenters. The molecule has 0 saturated heterocycles. The average molecular weight is 313 g/mol. The lowest BCUT2D eigenvalue weighted by atomic mass is 10.1. The van der Waals surface area contributed by atoms with Gasteiger partial charge in [-0.05, 0) is 25.0 Å². The highest BCUT2D eigenvalue weighted by atomic mass is 79.9. The van der Waals surface area contributed by atoms with Crippen LogP contribution in [0.4, 0.5) is 0 Å². The van der Waals surface area contributed by atoms with Gasteiger partial charge in [0.15, 0.2) is 5.78 Å². The second-order valence-electron chi connectivity index (χ2n) is 4.13. The lowest BCUT2D eigenvalue weighted by Gasteiger charge is -2.05. The summed E-state index contributed by atoms with van der Waals surface area (Å²) in [5.41, 5.74) is 1.70. The van der Waals surface area contributed by atoms with Gasteiger partial charge in [0.2, 0.25) is 0 Å². The summed E-state index contributed by atoms with van der Waals surface area (Å²) in [4.78, 5) is 23.2. The molecule has 0 N–H and O–H groups in total. The number of benzene rings is 1. The molecule has 0 heterocycles. The maximum Gasteiger partial charge on any atom is 0.306 e. The molecule has 0 amide bonds. The van der Waals surface area contributed by atoms with Crippen LogP contribution < -0.4 is 0 Å². The van der Waals surface area contributed by atoms with Crippen LogP contribution in [0.15, 0.2) is 22.7 Å². The van der Waals surface area contributed by atoms with Crippen LogP contribution >= 0.6 is 15.9 Å². The molecule has 0 atom stereocenters. The number of ether oxygens (including phenoxy) is 1. The van der Waals surface area contributed by atoms with E-state index in [1.165, 1.54) is 0 Å². The number of esters is 1. The zero-order valence-corrected chi connectivity index (χ0v) is 12.2. The van der Waals surface area contributed by atoms with Gasteiger partial charge in [-0.1, -0.05) is 35.0 Å². The van der Waals surface area contributed by atoms with Gasteiger partial charge in [0.05, 0.1) is 13.0 Å². The smallest absolute Gasteiger partial charge is 0.306 e. The van der Waals surface area contributed by atoms with Crippen molar-refractivity contribution in [2.24, 2.45) is 0 Å². The van der Waals surface area contributed by atoms with Crippen molar-refractivity contribution in [3.8, 4) is 0 Å². The van der Waals surface area contributed by atoms with Gasteiger partial charge in [-0.2, -0.15) is 0 Å². The van der Waals surface area contributed by atoms with E-state index >= 15 is 0 Å². The van der Waals surface area contributed by atoms with Crippen LogP contribution in [0, 0.1) is 6.92 Å². The van der Waals surface area contributed by atoms with Gasteiger partial charge in [0, 0.05) is 16.5 Å². The molecule has 3 nitrogen and oxygen atoms in total. The van der Waals surface area contributed by atoms with Crippen LogP contribution in [0.1, 0.15) is 42.1 Å². The minimum atomic E-state index is -0.312. The zero-order chi connectivity index (χ0) is 13.5. The third kappa shape index (κ3) is 4.61. The predicted molar refractivity (Wildman–Crippen MR) is 73.7 cm³/mol. The van der Waals surface area contributed by atoms with E-state index < -0.39 is 0 Å². The largest absolute Gasteiger partial charge is 0.466 e. The maximum atomic E-state index is 11.9. The molecule has 0 saturated carbocycles. The zero-order valence-electron chi connectivity index (χ0n) is 10.7. The fourth-order valence-electron chi connectivity index (χ4n) is 1.48. The van der Waals surface area contributed by atoms with E-state index in [0.717, 1.165) is 16.5 Å². The van der Waals surface area contributed by atoms with Gasteiger partial charge in [-0.25, -0.2) is 0 Å². The van der Waals surface area contributed by atoms with Gasteiger partial charge < -0.3 is 4.74 Å². The van der Waals surface area contributed by atoms with Gasteiger partial charge in [0.1, 0.15) is 0 Å². The van der Waals surface area contributed by atoms with Crippen LogP contribution in [0.2, 0.25) is 0 Å². The molecule has 98 valence electrons. The van der Waals surface area contributed by atoms with E-state index in [9.17, 15) is 9.59 Å². The summed E-state index contributed by atoms with van der Waals surface area (Å²) in [5, 5.41) is 0. The van der Waals surface area contributed by atoms with Crippen LogP contribution in [-0.2, 0) is 9.53 Å². The van der Waals surface area contributed by atoms with Crippen molar-refractivity contribution in [3.05, 3.63) is 33.8 Å². The molecular weight excluding hydrogens is 296 g/mol. The van der Waals surface area contributed by atoms with Gasteiger partial charge in [-0.15, -0.1) is 0 Å². The Hall–Kier alpha value is -1.16. The minimum Gasteiger partial charge on any atom is -0.466 e. The Morgan fingerprint density at radius 1 is 1.28 bits per heavy atom. The number of hydrogen-bond donors (Lipinski definition) is 0. The van der Waals surface area contributed by atoms with Crippen LogP contribution in [0.5, 0.6) is 0 Å². The topological polar surface area (TPSA) is 43.4 Å². The molecule has 0 aliphatic heterocycles. The van der Waals surface area contributed by atoms with E-state index in [2.05, 4.69) is 15.9 Å². The predicted octanol–water partition coefficient (Wildman–Crippen LogP) is 3.67. The summed E-state index contributed by atoms with van der Waals surface area (Å²) in [6.45, 7) is 4.31. The molecule has 0 spiro atoms. The molecule has 18 heavy (non-hydrogen) atoms. The normalized spacial score (nSPS) is 10.2. The molecule has 4 heteroatoms. The Kier molecular flexibility index (Phi) is 6.05. The average Bonchev–Trinajstić information content (AvgIpc) is 2.33. The second kappa shape index (κ2) is 7.31. The third-order valence-corrected chi connectivity index (χ3v) is 3.10. The molecule has 0 radical (unpaired) electrons. The summed E-state index contributed by atoms with van der Waals surface area (Å²) in [6.07, 6.45) is 1.12. The number of carbonyl (C=O) groups is 2. The lowest BCUT2D eigenvalue weighted by Crippen LogP contribution is -2.09. The molecule has 0 aliphatic carbocycles. The minimum absolute atomic E-state index is 0.0460. The molecule has 1 aromatic rings. The standard InChI is InChI=1S/C14H17BrO3/c1-3-8-18-14(17)7-6-13(16)11-5-4-10(2)9-12(11)15/h4-5,9H,3,6-8H2,1-2H3. The molecule has 0 aliphatic rings. The Morgan fingerprint density at radius 3 is 2.61 bits per heavy atom. The Bertz CT molecular complexity index is 441. The van der Waals surface area contributed by atoms with Gasteiger partial charge >= 0.3 is 5.97 Å². The SMILES string of the molecule is CCCOC(=O)CCC(=O)c1ccc(C)cc1Br. The van der Waals surface area contributed by atoms with Crippen LogP contribution in [-0.4, -0.2) is 18.4 Å². The summed E-state index contributed by atoms with van der Waals surface area (Å²) >= 11 is 3.36. The Balaban J connectivity index is 2.53. The van der Waals surface area contributed by atoms with Crippen molar-refractivity contribution in [2.75, 3.05) is 6.61 Å². The number of halogens is 1. The van der Waals surface area contributed by atoms with Crippen molar-refractivity contribution >= 4 is 27.7 Å². The van der Waals surface area contributed by atoms with Crippen molar-refractivity contribution in [2.45, 2.75) is 33.1 Å². The monoisotopic (exact) mass is 312 g/mol. The molecule has 1 aromatic carbocycles. The van der Waals surface area contributed by atoms with Crippen LogP contribution in [0.25, 0.3) is 0 Å². The summed E-state index contributed by atoms with van der Waals surface area (Å²) < 4.78 is 5.70. The Labute approximate surface area is 116 Å². The van der Waals surface area contributed by atoms with E-state index in [1.807, 2.05) is 26.0 Å². The number of rotatable bonds is 6. The highest BCUT2D eigenvalue weighted by Gasteiger charge is 2.12. The van der Waals surface area contributed by atoms with Crippen molar-refractivity contribution in [3.63, 3.8) is 0 Å². The molecule has 0 bridgehead atoms. The summed E-state index contributed by atoms with van der Waals surface area (Å²) in [5.74, 6) is -0.358. The molecule has 1 rings (SSSR count). The molecule has 0 aromatic heterocycles. The van der Waals surface area contributed by atoms with Crippen molar-refractivity contribution < 1.29 is 14.3 Å². The number of aryl methyl sites for hydroxylation is 1. The van der Waals surface area contributed by atoms with Gasteiger partial charge in [0.25, 0.3) is 0 Å². The fourth-order valence-corrected chi connectivity index (χ4v) is 2.20. The first-order valence-electron chi connectivity index (χ1n) is 5.99. The van der Waals surface area contributed by atoms with E-state index in [1.54, 1.807) is 6.07 Å². The van der Waals surface area contributed by atoms with Gasteiger partial charge in [-0.3, -0.25) is 9.59 Å². The second-order valence-corrected chi connectivity index (χ2v) is 4.98. The summed E-state index contributed by atoms with van der Waals surface area (Å²) in [7, 11) is 0. The molecular formula is C14H17BrO3. The number of ketones is 1. The number of carbonyl (C=O) groups excluding carboxylic acids is 2. The maximum absolute atomic E-state index is 11.9. The summed E-state index contributed by atoms with van der Waals surface area (Å²) in [6, 6.07) is 5.55. The first kappa shape index (κ1) is 14.9. The Morgan fingerprint density at radius 2 is 2.00 bits per heavy atom.